The van der Waals surface area contributed by atoms with Crippen LogP contribution in [0.4, 0.5) is 0 Å². The van der Waals surface area contributed by atoms with Crippen LogP contribution in [0, 0.1) is 0 Å². The van der Waals surface area contributed by atoms with E-state index in [1.54, 1.807) is 6.92 Å². The molecule has 0 bridgehead atoms. The van der Waals surface area contributed by atoms with E-state index < -0.39 is 12.1 Å². The lowest BCUT2D eigenvalue weighted by atomic mass is 10.1. The lowest BCUT2D eigenvalue weighted by molar-refractivity contribution is -0.145. The molecule has 1 aromatic carbocycles. The first-order valence-corrected chi connectivity index (χ1v) is 7.28. The van der Waals surface area contributed by atoms with E-state index in [1.807, 2.05) is 24.3 Å². The fourth-order valence-electron chi connectivity index (χ4n) is 1.99. The Morgan fingerprint density at radius 2 is 1.95 bits per heavy atom. The van der Waals surface area contributed by atoms with Crippen LogP contribution in [0.3, 0.4) is 0 Å². The van der Waals surface area contributed by atoms with Crippen LogP contribution in [0.15, 0.2) is 24.3 Å². The largest absolute Gasteiger partial charge is 0.479 e. The summed E-state index contributed by atoms with van der Waals surface area (Å²) in [6.45, 7) is 7.14. The van der Waals surface area contributed by atoms with Crippen molar-refractivity contribution in [3.63, 3.8) is 0 Å². The zero-order valence-corrected chi connectivity index (χ0v) is 12.6. The van der Waals surface area contributed by atoms with Gasteiger partial charge in [0.05, 0.1) is 0 Å². The highest BCUT2D eigenvalue weighted by atomic mass is 16.5. The molecule has 2 unspecified atom stereocenters. The average molecular weight is 279 g/mol. The number of hydrogen-bond donors (Lipinski definition) is 2. The molecule has 1 aromatic rings. The van der Waals surface area contributed by atoms with Crippen LogP contribution < -0.4 is 10.1 Å². The van der Waals surface area contributed by atoms with Gasteiger partial charge in [0.1, 0.15) is 5.75 Å². The Balaban J connectivity index is 2.53. The number of nitrogens with one attached hydrogen (secondary N) is 1. The van der Waals surface area contributed by atoms with E-state index in [1.165, 1.54) is 5.56 Å². The Labute approximate surface area is 121 Å². The van der Waals surface area contributed by atoms with Crippen molar-refractivity contribution in [2.75, 3.05) is 6.54 Å². The van der Waals surface area contributed by atoms with Gasteiger partial charge in [0.15, 0.2) is 6.10 Å². The van der Waals surface area contributed by atoms with E-state index in [4.69, 9.17) is 9.84 Å². The Morgan fingerprint density at radius 3 is 2.45 bits per heavy atom. The molecular weight excluding hydrogens is 254 g/mol. The van der Waals surface area contributed by atoms with Crippen LogP contribution in [-0.4, -0.2) is 29.8 Å². The normalized spacial score (nSPS) is 13.8. The summed E-state index contributed by atoms with van der Waals surface area (Å²) in [5.41, 5.74) is 1.22. The number of benzene rings is 1. The second-order valence-corrected chi connectivity index (χ2v) is 5.06. The molecule has 4 heteroatoms. The number of rotatable bonds is 9. The fraction of sp³-hybridized carbons (Fsp3) is 0.562. The summed E-state index contributed by atoms with van der Waals surface area (Å²) in [7, 11) is 0. The van der Waals surface area contributed by atoms with E-state index in [2.05, 4.69) is 19.2 Å². The van der Waals surface area contributed by atoms with E-state index in [-0.39, 0.29) is 0 Å². The topological polar surface area (TPSA) is 58.6 Å². The van der Waals surface area contributed by atoms with Gasteiger partial charge in [0, 0.05) is 6.04 Å². The molecule has 4 nitrogen and oxygen atoms in total. The molecule has 0 saturated carbocycles. The summed E-state index contributed by atoms with van der Waals surface area (Å²) < 4.78 is 5.43. The van der Waals surface area contributed by atoms with Gasteiger partial charge >= 0.3 is 5.97 Å². The Morgan fingerprint density at radius 1 is 1.30 bits per heavy atom. The molecule has 0 saturated heterocycles. The molecule has 0 amide bonds. The van der Waals surface area contributed by atoms with Gasteiger partial charge in [-0.25, -0.2) is 4.79 Å². The molecule has 2 atom stereocenters. The lowest BCUT2D eigenvalue weighted by Crippen LogP contribution is -2.28. The first-order chi connectivity index (χ1) is 9.56. The maximum Gasteiger partial charge on any atom is 0.344 e. The molecule has 0 spiro atoms. The third-order valence-corrected chi connectivity index (χ3v) is 3.13. The van der Waals surface area contributed by atoms with E-state index >= 15 is 0 Å². The third kappa shape index (κ3) is 5.61. The zero-order valence-electron chi connectivity index (χ0n) is 12.6. The van der Waals surface area contributed by atoms with E-state index in [0.717, 1.165) is 19.4 Å². The highest BCUT2D eigenvalue weighted by Crippen LogP contribution is 2.16. The first kappa shape index (κ1) is 16.5. The zero-order chi connectivity index (χ0) is 15.0. The summed E-state index contributed by atoms with van der Waals surface area (Å²) in [6.07, 6.45) is 1.77. The number of carboxylic acids is 1. The highest BCUT2D eigenvalue weighted by molar-refractivity contribution is 5.72. The molecule has 0 aliphatic rings. The van der Waals surface area contributed by atoms with Gasteiger partial charge in [-0.1, -0.05) is 26.0 Å². The van der Waals surface area contributed by atoms with Crippen LogP contribution >= 0.6 is 0 Å². The van der Waals surface area contributed by atoms with Crippen LogP contribution in [0.1, 0.15) is 39.2 Å². The van der Waals surface area contributed by atoms with Crippen molar-refractivity contribution in [2.24, 2.45) is 0 Å². The lowest BCUT2D eigenvalue weighted by Gasteiger charge is -2.15. The van der Waals surface area contributed by atoms with Crippen molar-refractivity contribution in [1.29, 1.82) is 0 Å². The van der Waals surface area contributed by atoms with Crippen molar-refractivity contribution < 1.29 is 14.6 Å². The van der Waals surface area contributed by atoms with E-state index in [9.17, 15) is 4.79 Å². The number of ether oxygens (including phenoxy) is 1. The third-order valence-electron chi connectivity index (χ3n) is 3.13. The molecule has 0 fully saturated rings. The minimum Gasteiger partial charge on any atom is -0.479 e. The molecule has 0 aliphatic heterocycles. The van der Waals surface area contributed by atoms with Crippen LogP contribution in [0.5, 0.6) is 5.75 Å². The number of carboxylic acid groups (broad SMARTS) is 1. The van der Waals surface area contributed by atoms with Crippen molar-refractivity contribution in [3.05, 3.63) is 29.8 Å². The summed E-state index contributed by atoms with van der Waals surface area (Å²) in [4.78, 5) is 10.9. The Hall–Kier alpha value is -1.55. The first-order valence-electron chi connectivity index (χ1n) is 7.28. The van der Waals surface area contributed by atoms with Gasteiger partial charge in [0.25, 0.3) is 0 Å². The summed E-state index contributed by atoms with van der Waals surface area (Å²) >= 11 is 0. The Bertz CT molecular complexity index is 403. The minimum absolute atomic E-state index is 0.434. The number of aliphatic carboxylic acids is 1. The molecule has 0 radical (unpaired) electrons. The predicted octanol–water partition coefficient (Wildman–Crippen LogP) is 2.86. The summed E-state index contributed by atoms with van der Waals surface area (Å²) in [5.74, 6) is -0.314. The van der Waals surface area contributed by atoms with Gasteiger partial charge in [0.2, 0.25) is 0 Å². The molecule has 2 N–H and O–H groups in total. The van der Waals surface area contributed by atoms with Crippen molar-refractivity contribution in [1.82, 2.24) is 5.32 Å². The number of hydrogen-bond acceptors (Lipinski definition) is 3. The summed E-state index contributed by atoms with van der Waals surface area (Å²) in [5, 5.41) is 12.4. The highest BCUT2D eigenvalue weighted by Gasteiger charge is 2.16. The second-order valence-electron chi connectivity index (χ2n) is 5.06. The quantitative estimate of drug-likeness (QED) is 0.730. The minimum atomic E-state index is -0.922. The Kier molecular flexibility index (Phi) is 7.09. The van der Waals surface area contributed by atoms with Gasteiger partial charge in [-0.2, -0.15) is 0 Å². The van der Waals surface area contributed by atoms with Gasteiger partial charge in [-0.3, -0.25) is 0 Å². The molecule has 1 rings (SSSR count). The molecule has 0 aliphatic carbocycles. The van der Waals surface area contributed by atoms with Crippen molar-refractivity contribution >= 4 is 5.97 Å². The SMILES string of the molecule is CCCNC(C)Cc1ccc(OC(CC)C(=O)O)cc1. The van der Waals surface area contributed by atoms with Crippen molar-refractivity contribution in [2.45, 2.75) is 52.2 Å². The van der Waals surface area contributed by atoms with E-state index in [0.29, 0.717) is 18.2 Å². The van der Waals surface area contributed by atoms with Crippen LogP contribution in [-0.2, 0) is 11.2 Å². The van der Waals surface area contributed by atoms with Crippen molar-refractivity contribution in [3.8, 4) is 5.75 Å². The average Bonchev–Trinajstić information content (AvgIpc) is 2.44. The van der Waals surface area contributed by atoms with Gasteiger partial charge in [-0.05, 0) is 50.4 Å². The number of carbonyl (C=O) groups is 1. The monoisotopic (exact) mass is 279 g/mol. The maximum atomic E-state index is 10.9. The van der Waals surface area contributed by atoms with Crippen LogP contribution in [0.25, 0.3) is 0 Å². The molecule has 112 valence electrons. The van der Waals surface area contributed by atoms with Gasteiger partial charge < -0.3 is 15.2 Å². The second kappa shape index (κ2) is 8.59. The maximum absolute atomic E-state index is 10.9. The fourth-order valence-corrected chi connectivity index (χ4v) is 1.99. The van der Waals surface area contributed by atoms with Gasteiger partial charge in [-0.15, -0.1) is 0 Å². The molecule has 20 heavy (non-hydrogen) atoms. The standard InChI is InChI=1S/C16H25NO3/c1-4-10-17-12(3)11-13-6-8-14(9-7-13)20-15(5-2)16(18)19/h6-9,12,15,17H,4-5,10-11H2,1-3H3,(H,18,19). The molecular formula is C16H25NO3. The van der Waals surface area contributed by atoms with Crippen LogP contribution in [0.2, 0.25) is 0 Å². The summed E-state index contributed by atoms with van der Waals surface area (Å²) in [6, 6.07) is 8.10. The molecule has 0 heterocycles. The smallest absolute Gasteiger partial charge is 0.344 e. The molecule has 0 aromatic heterocycles. The predicted molar refractivity (Wildman–Crippen MR) is 80.2 cm³/mol.